The molecule has 21 heavy (non-hydrogen) atoms. The van der Waals surface area contributed by atoms with Gasteiger partial charge in [0.25, 0.3) is 0 Å². The summed E-state index contributed by atoms with van der Waals surface area (Å²) < 4.78 is 10.5. The molecule has 3 aromatic rings. The Bertz CT molecular complexity index is 732. The van der Waals surface area contributed by atoms with E-state index < -0.39 is 0 Å². The minimum Gasteiger partial charge on any atom is -0.380 e. The van der Waals surface area contributed by atoms with Crippen molar-refractivity contribution in [1.82, 2.24) is 15.1 Å². The number of nitrogens with zero attached hydrogens (tertiary/aromatic N) is 3. The average Bonchev–Trinajstić information content (AvgIpc) is 3.00. The lowest BCUT2D eigenvalue weighted by atomic mass is 10.1. The van der Waals surface area contributed by atoms with Gasteiger partial charge in [-0.1, -0.05) is 29.4 Å². The van der Waals surface area contributed by atoms with Crippen molar-refractivity contribution in [3.8, 4) is 11.5 Å². The van der Waals surface area contributed by atoms with Gasteiger partial charge in [0.1, 0.15) is 5.69 Å². The first kappa shape index (κ1) is 13.7. The van der Waals surface area contributed by atoms with Gasteiger partial charge in [-0.25, -0.2) is 0 Å². The molecule has 6 heteroatoms. The predicted molar refractivity (Wildman–Crippen MR) is 78.6 cm³/mol. The Balaban J connectivity index is 1.95. The van der Waals surface area contributed by atoms with Gasteiger partial charge in [0.2, 0.25) is 11.7 Å². The summed E-state index contributed by atoms with van der Waals surface area (Å²) >= 11 is 0. The maximum Gasteiger partial charge on any atom is 0.229 e. The van der Waals surface area contributed by atoms with Crippen LogP contribution >= 0.6 is 0 Å². The van der Waals surface area contributed by atoms with Crippen LogP contribution in [0, 0.1) is 0 Å². The Morgan fingerprint density at radius 2 is 2.14 bits per heavy atom. The third-order valence-corrected chi connectivity index (χ3v) is 3.35. The van der Waals surface area contributed by atoms with Gasteiger partial charge in [0.15, 0.2) is 0 Å². The number of nitrogens with two attached hydrogens (primary N) is 1. The van der Waals surface area contributed by atoms with Crippen LogP contribution in [0.2, 0.25) is 0 Å². The van der Waals surface area contributed by atoms with E-state index in [2.05, 4.69) is 15.1 Å². The summed E-state index contributed by atoms with van der Waals surface area (Å²) in [6, 6.07) is 9.92. The van der Waals surface area contributed by atoms with E-state index in [-0.39, 0.29) is 6.10 Å². The number of hydrogen-bond donors (Lipinski definition) is 1. The van der Waals surface area contributed by atoms with Crippen LogP contribution in [0.3, 0.4) is 0 Å². The van der Waals surface area contributed by atoms with Crippen LogP contribution in [-0.2, 0) is 11.2 Å². The normalized spacial score (nSPS) is 12.7. The molecule has 0 aliphatic rings. The van der Waals surface area contributed by atoms with Gasteiger partial charge in [0.05, 0.1) is 12.5 Å². The van der Waals surface area contributed by atoms with E-state index in [0.717, 1.165) is 10.8 Å². The molecule has 3 rings (SSSR count). The fraction of sp³-hybridized carbons (Fsp3) is 0.267. The second-order valence-corrected chi connectivity index (χ2v) is 4.69. The highest BCUT2D eigenvalue weighted by Gasteiger charge is 2.16. The summed E-state index contributed by atoms with van der Waals surface area (Å²) in [5.74, 6) is 0.978. The summed E-state index contributed by atoms with van der Waals surface area (Å²) in [6.07, 6.45) is 2.11. The summed E-state index contributed by atoms with van der Waals surface area (Å²) in [7, 11) is 1.61. The molecule has 1 unspecified atom stereocenters. The highest BCUT2D eigenvalue weighted by atomic mass is 16.5. The van der Waals surface area contributed by atoms with Crippen molar-refractivity contribution in [3.05, 3.63) is 42.4 Å². The first-order chi connectivity index (χ1) is 10.3. The van der Waals surface area contributed by atoms with E-state index in [9.17, 15) is 0 Å². The zero-order valence-corrected chi connectivity index (χ0v) is 11.7. The first-order valence-electron chi connectivity index (χ1n) is 6.71. The Morgan fingerprint density at radius 1 is 1.29 bits per heavy atom. The van der Waals surface area contributed by atoms with E-state index >= 15 is 0 Å². The molecule has 2 heterocycles. The van der Waals surface area contributed by atoms with Crippen LogP contribution < -0.4 is 5.73 Å². The van der Waals surface area contributed by atoms with Crippen LogP contribution in [0.1, 0.15) is 5.89 Å². The van der Waals surface area contributed by atoms with Gasteiger partial charge in [0, 0.05) is 25.2 Å². The van der Waals surface area contributed by atoms with Crippen LogP contribution in [-0.4, -0.2) is 34.9 Å². The highest BCUT2D eigenvalue weighted by molar-refractivity contribution is 5.92. The van der Waals surface area contributed by atoms with Crippen LogP contribution in [0.4, 0.5) is 0 Å². The summed E-state index contributed by atoms with van der Waals surface area (Å²) in [5, 5.41) is 6.10. The second kappa shape index (κ2) is 5.99. The number of aromatic nitrogens is 3. The third kappa shape index (κ3) is 2.76. The number of rotatable bonds is 5. The predicted octanol–water partition coefficient (Wildman–Crippen LogP) is 1.80. The molecule has 0 spiro atoms. The van der Waals surface area contributed by atoms with E-state index in [0.29, 0.717) is 30.4 Å². The van der Waals surface area contributed by atoms with E-state index in [1.54, 1.807) is 13.3 Å². The van der Waals surface area contributed by atoms with Crippen LogP contribution in [0.5, 0.6) is 0 Å². The fourth-order valence-electron chi connectivity index (χ4n) is 2.19. The van der Waals surface area contributed by atoms with Crippen molar-refractivity contribution in [1.29, 1.82) is 0 Å². The van der Waals surface area contributed by atoms with Crippen molar-refractivity contribution in [2.24, 2.45) is 5.73 Å². The zero-order valence-electron chi connectivity index (χ0n) is 11.7. The third-order valence-electron chi connectivity index (χ3n) is 3.35. The first-order valence-corrected chi connectivity index (χ1v) is 6.71. The lowest BCUT2D eigenvalue weighted by molar-refractivity contribution is 0.102. The van der Waals surface area contributed by atoms with Crippen molar-refractivity contribution >= 4 is 10.8 Å². The van der Waals surface area contributed by atoms with Gasteiger partial charge < -0.3 is 15.0 Å². The molecule has 0 aliphatic carbocycles. The van der Waals surface area contributed by atoms with Gasteiger partial charge in [-0.2, -0.15) is 4.98 Å². The average molecular weight is 284 g/mol. The molecular weight excluding hydrogens is 268 g/mol. The molecule has 1 atom stereocenters. The topological polar surface area (TPSA) is 87.1 Å². The largest absolute Gasteiger partial charge is 0.380 e. The van der Waals surface area contributed by atoms with Gasteiger partial charge in [-0.05, 0) is 11.5 Å². The lowest BCUT2D eigenvalue weighted by Gasteiger charge is -2.08. The number of ether oxygens (including phenoxy) is 1. The molecule has 2 aromatic heterocycles. The monoisotopic (exact) mass is 284 g/mol. The lowest BCUT2D eigenvalue weighted by Crippen LogP contribution is -2.24. The highest BCUT2D eigenvalue weighted by Crippen LogP contribution is 2.24. The standard InChI is InChI=1S/C15H16N4O2/c1-20-11(9-16)8-13-18-15(19-21-13)14-12-5-3-2-4-10(12)6-7-17-14/h2-7,11H,8-9,16H2,1H3. The molecular formula is C15H16N4O2. The molecule has 0 amide bonds. The van der Waals surface area contributed by atoms with Gasteiger partial charge >= 0.3 is 0 Å². The minimum atomic E-state index is -0.126. The van der Waals surface area contributed by atoms with E-state index in [4.69, 9.17) is 15.0 Å². The van der Waals surface area contributed by atoms with Crippen molar-refractivity contribution in [2.75, 3.05) is 13.7 Å². The van der Waals surface area contributed by atoms with Crippen molar-refractivity contribution < 1.29 is 9.26 Å². The molecule has 6 nitrogen and oxygen atoms in total. The SMILES string of the molecule is COC(CN)Cc1nc(-c2nccc3ccccc23)no1. The number of hydrogen-bond acceptors (Lipinski definition) is 6. The Kier molecular flexibility index (Phi) is 3.89. The second-order valence-electron chi connectivity index (χ2n) is 4.69. The Labute approximate surface area is 121 Å². The molecule has 1 aromatic carbocycles. The zero-order chi connectivity index (χ0) is 14.7. The van der Waals surface area contributed by atoms with Gasteiger partial charge in [-0.15, -0.1) is 0 Å². The minimum absolute atomic E-state index is 0.126. The molecule has 108 valence electrons. The molecule has 0 radical (unpaired) electrons. The maximum absolute atomic E-state index is 5.60. The summed E-state index contributed by atoms with van der Waals surface area (Å²) in [4.78, 5) is 8.76. The quantitative estimate of drug-likeness (QED) is 0.768. The molecule has 0 bridgehead atoms. The molecule has 0 saturated carbocycles. The number of methoxy groups -OCH3 is 1. The van der Waals surface area contributed by atoms with Gasteiger partial charge in [-0.3, -0.25) is 4.98 Å². The molecule has 0 saturated heterocycles. The fourth-order valence-corrected chi connectivity index (χ4v) is 2.19. The Hall–Kier alpha value is -2.31. The summed E-state index contributed by atoms with van der Waals surface area (Å²) in [5.41, 5.74) is 6.31. The van der Waals surface area contributed by atoms with E-state index in [1.165, 1.54) is 0 Å². The molecule has 0 fully saturated rings. The number of benzene rings is 1. The van der Waals surface area contributed by atoms with Crippen molar-refractivity contribution in [2.45, 2.75) is 12.5 Å². The molecule has 2 N–H and O–H groups in total. The van der Waals surface area contributed by atoms with Crippen LogP contribution in [0.15, 0.2) is 41.1 Å². The maximum atomic E-state index is 5.60. The smallest absolute Gasteiger partial charge is 0.229 e. The summed E-state index contributed by atoms with van der Waals surface area (Å²) in [6.45, 7) is 0.404. The van der Waals surface area contributed by atoms with E-state index in [1.807, 2.05) is 30.3 Å². The molecule has 0 aliphatic heterocycles. The number of pyridine rings is 1. The Morgan fingerprint density at radius 3 is 2.95 bits per heavy atom. The van der Waals surface area contributed by atoms with Crippen LogP contribution in [0.25, 0.3) is 22.3 Å². The number of fused-ring (bicyclic) bond motifs is 1. The van der Waals surface area contributed by atoms with Crippen molar-refractivity contribution in [3.63, 3.8) is 0 Å².